The first-order chi connectivity index (χ1) is 12.3. The monoisotopic (exact) mass is 335 g/mol. The number of carbonyl (C=O) groups excluding carboxylic acids is 1. The molecule has 0 saturated carbocycles. The SMILES string of the molecule is O=C(C[C@H]1CCOc2ccccc21)Nc1cncnc1-n1cccn1. The fourth-order valence-corrected chi connectivity index (χ4v) is 3.04. The van der Waals surface area contributed by atoms with Gasteiger partial charge in [0, 0.05) is 18.8 Å². The molecule has 1 atom stereocenters. The molecule has 2 aromatic heterocycles. The molecule has 0 aliphatic carbocycles. The molecule has 25 heavy (non-hydrogen) atoms. The van der Waals surface area contributed by atoms with Crippen LogP contribution in [0.3, 0.4) is 0 Å². The summed E-state index contributed by atoms with van der Waals surface area (Å²) in [5.41, 5.74) is 1.62. The zero-order valence-electron chi connectivity index (χ0n) is 13.5. The quantitative estimate of drug-likeness (QED) is 0.792. The summed E-state index contributed by atoms with van der Waals surface area (Å²) in [5, 5.41) is 7.07. The van der Waals surface area contributed by atoms with Gasteiger partial charge in [0.25, 0.3) is 0 Å². The fraction of sp³-hybridized carbons (Fsp3) is 0.222. The number of ether oxygens (including phenoxy) is 1. The predicted octanol–water partition coefficient (Wildman–Crippen LogP) is 2.56. The summed E-state index contributed by atoms with van der Waals surface area (Å²) in [6, 6.07) is 9.68. The molecule has 7 heteroatoms. The van der Waals surface area contributed by atoms with Crippen molar-refractivity contribution >= 4 is 11.6 Å². The van der Waals surface area contributed by atoms with E-state index in [9.17, 15) is 4.79 Å². The van der Waals surface area contributed by atoms with Crippen LogP contribution < -0.4 is 10.1 Å². The molecule has 0 radical (unpaired) electrons. The zero-order chi connectivity index (χ0) is 17.1. The van der Waals surface area contributed by atoms with Crippen LogP contribution in [0, 0.1) is 0 Å². The summed E-state index contributed by atoms with van der Waals surface area (Å²) < 4.78 is 7.26. The molecule has 1 aliphatic heterocycles. The van der Waals surface area contributed by atoms with Gasteiger partial charge in [0.05, 0.1) is 12.8 Å². The lowest BCUT2D eigenvalue weighted by Crippen LogP contribution is -2.21. The van der Waals surface area contributed by atoms with Gasteiger partial charge >= 0.3 is 0 Å². The smallest absolute Gasteiger partial charge is 0.225 e. The predicted molar refractivity (Wildman–Crippen MR) is 91.7 cm³/mol. The summed E-state index contributed by atoms with van der Waals surface area (Å²) in [6.07, 6.45) is 7.65. The Kier molecular flexibility index (Phi) is 4.12. The number of para-hydroxylation sites is 1. The summed E-state index contributed by atoms with van der Waals surface area (Å²) in [7, 11) is 0. The van der Waals surface area contributed by atoms with Gasteiger partial charge in [-0.25, -0.2) is 14.6 Å². The Morgan fingerprint density at radius 3 is 3.12 bits per heavy atom. The second-order valence-electron chi connectivity index (χ2n) is 5.83. The minimum atomic E-state index is -0.0788. The highest BCUT2D eigenvalue weighted by atomic mass is 16.5. The van der Waals surface area contributed by atoms with Gasteiger partial charge in [-0.2, -0.15) is 5.10 Å². The molecular weight excluding hydrogens is 318 g/mol. The van der Waals surface area contributed by atoms with Crippen LogP contribution in [0.5, 0.6) is 5.75 Å². The molecule has 126 valence electrons. The van der Waals surface area contributed by atoms with Gasteiger partial charge in [-0.1, -0.05) is 18.2 Å². The number of fused-ring (bicyclic) bond motifs is 1. The molecule has 0 fully saturated rings. The molecule has 1 aliphatic rings. The van der Waals surface area contributed by atoms with Crippen molar-refractivity contribution in [2.45, 2.75) is 18.8 Å². The lowest BCUT2D eigenvalue weighted by Gasteiger charge is -2.25. The van der Waals surface area contributed by atoms with Crippen LogP contribution in [-0.2, 0) is 4.79 Å². The van der Waals surface area contributed by atoms with Gasteiger partial charge in [0.2, 0.25) is 5.91 Å². The molecule has 3 aromatic rings. The second kappa shape index (κ2) is 6.72. The number of hydrogen-bond acceptors (Lipinski definition) is 5. The van der Waals surface area contributed by atoms with Crippen LogP contribution in [0.1, 0.15) is 24.3 Å². The number of anilines is 1. The first-order valence-corrected chi connectivity index (χ1v) is 8.13. The Balaban J connectivity index is 1.51. The Hall–Kier alpha value is -3.22. The highest BCUT2D eigenvalue weighted by Crippen LogP contribution is 2.35. The second-order valence-corrected chi connectivity index (χ2v) is 5.83. The van der Waals surface area contributed by atoms with Gasteiger partial charge in [-0.3, -0.25) is 4.79 Å². The van der Waals surface area contributed by atoms with Crippen molar-refractivity contribution in [3.8, 4) is 11.6 Å². The molecular formula is C18H17N5O2. The van der Waals surface area contributed by atoms with E-state index in [0.717, 1.165) is 17.7 Å². The van der Waals surface area contributed by atoms with E-state index in [2.05, 4.69) is 20.4 Å². The normalized spacial score (nSPS) is 15.9. The molecule has 1 amide bonds. The van der Waals surface area contributed by atoms with Gasteiger partial charge in [-0.15, -0.1) is 0 Å². The number of hydrogen-bond donors (Lipinski definition) is 1. The van der Waals surface area contributed by atoms with Gasteiger partial charge < -0.3 is 10.1 Å². The molecule has 0 spiro atoms. The Morgan fingerprint density at radius 1 is 1.32 bits per heavy atom. The molecule has 1 aromatic carbocycles. The fourth-order valence-electron chi connectivity index (χ4n) is 3.04. The first kappa shape index (κ1) is 15.3. The van der Waals surface area contributed by atoms with Crippen molar-refractivity contribution in [1.82, 2.24) is 19.7 Å². The van der Waals surface area contributed by atoms with Crippen LogP contribution >= 0.6 is 0 Å². The number of carbonyl (C=O) groups is 1. The molecule has 0 unspecified atom stereocenters. The summed E-state index contributed by atoms with van der Waals surface area (Å²) in [4.78, 5) is 20.8. The third kappa shape index (κ3) is 3.21. The van der Waals surface area contributed by atoms with E-state index < -0.39 is 0 Å². The van der Waals surface area contributed by atoms with Gasteiger partial charge in [0.15, 0.2) is 5.82 Å². The maximum Gasteiger partial charge on any atom is 0.225 e. The third-order valence-electron chi connectivity index (χ3n) is 4.20. The summed E-state index contributed by atoms with van der Waals surface area (Å²) >= 11 is 0. The Morgan fingerprint density at radius 2 is 2.24 bits per heavy atom. The molecule has 7 nitrogen and oxygen atoms in total. The van der Waals surface area contributed by atoms with Crippen LogP contribution in [0.2, 0.25) is 0 Å². The number of nitrogens with zero attached hydrogens (tertiary/aromatic N) is 4. The third-order valence-corrected chi connectivity index (χ3v) is 4.20. The van der Waals surface area contributed by atoms with Crippen molar-refractivity contribution in [2.24, 2.45) is 0 Å². The van der Waals surface area contributed by atoms with Crippen LogP contribution in [0.25, 0.3) is 5.82 Å². The van der Waals surface area contributed by atoms with Crippen molar-refractivity contribution in [2.75, 3.05) is 11.9 Å². The molecule has 3 heterocycles. The van der Waals surface area contributed by atoms with Crippen molar-refractivity contribution in [1.29, 1.82) is 0 Å². The van der Waals surface area contributed by atoms with Crippen LogP contribution in [-0.4, -0.2) is 32.3 Å². The standard InChI is InChI=1S/C18H17N5O2/c24-17(10-13-6-9-25-16-5-2-1-4-14(13)16)22-15-11-19-12-20-18(15)23-8-3-7-21-23/h1-5,7-8,11-13H,6,9-10H2,(H,22,24)/t13-/m1/s1. The van der Waals surface area contributed by atoms with Crippen LogP contribution in [0.4, 0.5) is 5.69 Å². The minimum absolute atomic E-state index is 0.0788. The highest BCUT2D eigenvalue weighted by Gasteiger charge is 2.24. The Bertz CT molecular complexity index is 879. The summed E-state index contributed by atoms with van der Waals surface area (Å²) in [5.74, 6) is 1.47. The van der Waals surface area contributed by atoms with E-state index in [1.54, 1.807) is 29.3 Å². The lowest BCUT2D eigenvalue weighted by molar-refractivity contribution is -0.116. The zero-order valence-corrected chi connectivity index (χ0v) is 13.5. The molecule has 0 bridgehead atoms. The number of benzene rings is 1. The van der Waals surface area contributed by atoms with Crippen molar-refractivity contribution < 1.29 is 9.53 Å². The van der Waals surface area contributed by atoms with E-state index in [1.807, 2.05) is 24.3 Å². The molecule has 4 rings (SSSR count). The minimum Gasteiger partial charge on any atom is -0.493 e. The first-order valence-electron chi connectivity index (χ1n) is 8.13. The highest BCUT2D eigenvalue weighted by molar-refractivity contribution is 5.92. The average Bonchev–Trinajstić information content (AvgIpc) is 3.17. The van der Waals surface area contributed by atoms with E-state index in [-0.39, 0.29) is 11.8 Å². The largest absolute Gasteiger partial charge is 0.493 e. The maximum atomic E-state index is 12.6. The van der Waals surface area contributed by atoms with Gasteiger partial charge in [-0.05, 0) is 30.0 Å². The number of amides is 1. The summed E-state index contributed by atoms with van der Waals surface area (Å²) in [6.45, 7) is 0.627. The van der Waals surface area contributed by atoms with E-state index >= 15 is 0 Å². The maximum absolute atomic E-state index is 12.6. The number of rotatable bonds is 4. The topological polar surface area (TPSA) is 81.9 Å². The molecule has 1 N–H and O–H groups in total. The van der Waals surface area contributed by atoms with Gasteiger partial charge in [0.1, 0.15) is 17.8 Å². The number of nitrogens with one attached hydrogen (secondary N) is 1. The number of aromatic nitrogens is 4. The molecule has 0 saturated heterocycles. The van der Waals surface area contributed by atoms with Crippen molar-refractivity contribution in [3.05, 3.63) is 60.8 Å². The van der Waals surface area contributed by atoms with E-state index in [4.69, 9.17) is 4.74 Å². The van der Waals surface area contributed by atoms with Crippen LogP contribution in [0.15, 0.2) is 55.2 Å². The lowest BCUT2D eigenvalue weighted by atomic mass is 9.90. The average molecular weight is 335 g/mol. The van der Waals surface area contributed by atoms with Crippen molar-refractivity contribution in [3.63, 3.8) is 0 Å². The van der Waals surface area contributed by atoms with E-state index in [0.29, 0.717) is 24.5 Å². The Labute approximate surface area is 144 Å². The van der Waals surface area contributed by atoms with E-state index in [1.165, 1.54) is 6.33 Å².